The van der Waals surface area contributed by atoms with Crippen molar-refractivity contribution in [3.8, 4) is 0 Å². The number of halogens is 3. The number of carboxylic acid groups (broad SMARTS) is 1. The number of aromatic amines is 1. The monoisotopic (exact) mass is 547 g/mol. The Labute approximate surface area is 224 Å². The molecule has 2 amide bonds. The van der Waals surface area contributed by atoms with Crippen LogP contribution in [0.1, 0.15) is 69.2 Å². The highest BCUT2D eigenvalue weighted by Gasteiger charge is 2.38. The molecule has 2 heterocycles. The minimum Gasteiger partial charge on any atom is -0.475 e. The van der Waals surface area contributed by atoms with Crippen LogP contribution in [0.25, 0.3) is 0 Å². The minimum atomic E-state index is -5.08. The molecule has 210 valence electrons. The number of alkyl halides is 3. The summed E-state index contributed by atoms with van der Waals surface area (Å²) in [7, 11) is 0. The van der Waals surface area contributed by atoms with Crippen LogP contribution in [-0.4, -0.2) is 49.6 Å². The highest BCUT2D eigenvalue weighted by molar-refractivity contribution is 6.09. The van der Waals surface area contributed by atoms with Crippen LogP contribution < -0.4 is 10.2 Å². The summed E-state index contributed by atoms with van der Waals surface area (Å²) in [6, 6.07) is 10.4. The van der Waals surface area contributed by atoms with E-state index in [1.807, 2.05) is 45.0 Å². The van der Waals surface area contributed by atoms with Gasteiger partial charge in [-0.15, -0.1) is 0 Å². The third-order valence-electron chi connectivity index (χ3n) is 5.21. The van der Waals surface area contributed by atoms with Crippen molar-refractivity contribution >= 4 is 23.5 Å². The van der Waals surface area contributed by atoms with Gasteiger partial charge in [-0.05, 0) is 49.9 Å². The zero-order chi connectivity index (χ0) is 29.6. The van der Waals surface area contributed by atoms with Crippen molar-refractivity contribution in [3.63, 3.8) is 0 Å². The van der Waals surface area contributed by atoms with Crippen molar-refractivity contribution in [2.24, 2.45) is 0 Å². The van der Waals surface area contributed by atoms with E-state index < -0.39 is 23.7 Å². The van der Waals surface area contributed by atoms with E-state index in [9.17, 15) is 22.8 Å². The Hall–Kier alpha value is -4.22. The molecule has 0 aliphatic heterocycles. The number of hydrogen-bond acceptors (Lipinski definition) is 5. The van der Waals surface area contributed by atoms with E-state index >= 15 is 0 Å². The van der Waals surface area contributed by atoms with Gasteiger partial charge in [0.15, 0.2) is 0 Å². The van der Waals surface area contributed by atoms with Crippen LogP contribution in [0, 0.1) is 0 Å². The first-order valence-corrected chi connectivity index (χ1v) is 11.9. The first-order valence-electron chi connectivity index (χ1n) is 11.9. The smallest absolute Gasteiger partial charge is 0.475 e. The van der Waals surface area contributed by atoms with Gasteiger partial charge >= 0.3 is 12.1 Å². The van der Waals surface area contributed by atoms with Crippen LogP contribution in [0.2, 0.25) is 0 Å². The number of pyridine rings is 1. The summed E-state index contributed by atoms with van der Waals surface area (Å²) >= 11 is 0. The molecule has 2 aromatic heterocycles. The van der Waals surface area contributed by atoms with Crippen LogP contribution in [0.5, 0.6) is 0 Å². The molecule has 0 saturated heterocycles. The number of benzene rings is 1. The highest BCUT2D eigenvalue weighted by atomic mass is 19.4. The average molecular weight is 548 g/mol. The lowest BCUT2D eigenvalue weighted by atomic mass is 9.87. The van der Waals surface area contributed by atoms with Gasteiger partial charge in [0.1, 0.15) is 11.7 Å². The Morgan fingerprint density at radius 2 is 1.54 bits per heavy atom. The summed E-state index contributed by atoms with van der Waals surface area (Å²) in [6.45, 7) is 12.1. The fraction of sp³-hybridized carbons (Fsp3) is 0.370. The lowest BCUT2D eigenvalue weighted by Crippen LogP contribution is -2.49. The maximum atomic E-state index is 13.6. The van der Waals surface area contributed by atoms with E-state index in [0.29, 0.717) is 16.9 Å². The number of nitrogens with zero attached hydrogens (tertiary/aromatic N) is 3. The van der Waals surface area contributed by atoms with Crippen LogP contribution in [0.15, 0.2) is 61.3 Å². The quantitative estimate of drug-likeness (QED) is 0.411. The molecule has 0 spiro atoms. The van der Waals surface area contributed by atoms with E-state index in [1.165, 1.54) is 17.4 Å². The second kappa shape index (κ2) is 12.1. The van der Waals surface area contributed by atoms with Crippen LogP contribution >= 0.6 is 0 Å². The van der Waals surface area contributed by atoms with Gasteiger partial charge < -0.3 is 15.4 Å². The molecular formula is C27H32F3N5O4. The van der Waals surface area contributed by atoms with E-state index in [1.54, 1.807) is 24.5 Å². The lowest BCUT2D eigenvalue weighted by molar-refractivity contribution is -0.192. The number of nitrogens with one attached hydrogen (secondary N) is 2. The lowest BCUT2D eigenvalue weighted by Gasteiger charge is -2.33. The van der Waals surface area contributed by atoms with Crippen molar-refractivity contribution in [2.75, 3.05) is 4.90 Å². The normalized spacial score (nSPS) is 12.5. The molecule has 0 saturated carbocycles. The SMILES string of the molecule is CC(C)(C)NC(=O)C(c1cccnc1)N(C(=O)c1cnc[nH]1)c1ccc(C(C)(C)C)cc1.O=C(O)C(F)(F)F. The molecule has 1 atom stereocenters. The van der Waals surface area contributed by atoms with Crippen molar-refractivity contribution in [3.05, 3.63) is 78.1 Å². The van der Waals surface area contributed by atoms with Crippen molar-refractivity contribution in [1.29, 1.82) is 0 Å². The molecule has 1 aromatic carbocycles. The molecule has 3 aromatic rings. The predicted octanol–water partition coefficient (Wildman–Crippen LogP) is 5.04. The maximum Gasteiger partial charge on any atom is 0.490 e. The van der Waals surface area contributed by atoms with Gasteiger partial charge in [-0.2, -0.15) is 13.2 Å². The minimum absolute atomic E-state index is 0.0386. The van der Waals surface area contributed by atoms with Crippen molar-refractivity contribution < 1.29 is 32.7 Å². The van der Waals surface area contributed by atoms with E-state index in [0.717, 1.165) is 5.56 Å². The van der Waals surface area contributed by atoms with Crippen LogP contribution in [-0.2, 0) is 15.0 Å². The summed E-state index contributed by atoms with van der Waals surface area (Å²) in [5.41, 5.74) is 2.13. The van der Waals surface area contributed by atoms with Gasteiger partial charge in [-0.3, -0.25) is 19.5 Å². The summed E-state index contributed by atoms with van der Waals surface area (Å²) in [6.07, 6.45) is 1.08. The molecular weight excluding hydrogens is 515 g/mol. The van der Waals surface area contributed by atoms with Gasteiger partial charge in [0.25, 0.3) is 5.91 Å². The Morgan fingerprint density at radius 3 is 1.95 bits per heavy atom. The number of amides is 2. The number of hydrogen-bond donors (Lipinski definition) is 3. The zero-order valence-corrected chi connectivity index (χ0v) is 22.5. The molecule has 3 N–H and O–H groups in total. The number of anilines is 1. The molecule has 1 unspecified atom stereocenters. The molecule has 39 heavy (non-hydrogen) atoms. The Morgan fingerprint density at radius 1 is 0.949 bits per heavy atom. The van der Waals surface area contributed by atoms with E-state index in [-0.39, 0.29) is 17.2 Å². The standard InChI is InChI=1S/C25H31N5O2.C2HF3O2/c1-24(2,3)18-9-11-19(12-10-18)30(23(32)20-15-27-16-28-20)21(17-8-7-13-26-14-17)22(31)29-25(4,5)6;3-2(4,5)1(6)7/h7-16,21H,1-6H3,(H,27,28)(H,29,31);(H,6,7). The summed E-state index contributed by atoms with van der Waals surface area (Å²) in [5, 5.41) is 10.1. The van der Waals surface area contributed by atoms with E-state index in [2.05, 4.69) is 41.0 Å². The second-order valence-electron chi connectivity index (χ2n) is 10.7. The molecule has 0 fully saturated rings. The van der Waals surface area contributed by atoms with Gasteiger partial charge in [-0.1, -0.05) is 39.0 Å². The van der Waals surface area contributed by atoms with Crippen LogP contribution in [0.4, 0.5) is 18.9 Å². The van der Waals surface area contributed by atoms with E-state index in [4.69, 9.17) is 9.90 Å². The maximum absolute atomic E-state index is 13.6. The van der Waals surface area contributed by atoms with Gasteiger partial charge in [0, 0.05) is 29.2 Å². The first kappa shape index (κ1) is 31.0. The number of rotatable bonds is 5. The molecule has 12 heteroatoms. The number of carboxylic acids is 1. The summed E-state index contributed by atoms with van der Waals surface area (Å²) in [5.74, 6) is -3.41. The first-order chi connectivity index (χ1) is 17.9. The molecule has 3 rings (SSSR count). The molecule has 0 aliphatic rings. The number of H-pyrrole nitrogens is 1. The fourth-order valence-corrected chi connectivity index (χ4v) is 3.40. The van der Waals surface area contributed by atoms with Gasteiger partial charge in [0.2, 0.25) is 5.91 Å². The zero-order valence-electron chi connectivity index (χ0n) is 22.5. The molecule has 0 radical (unpaired) electrons. The number of aliphatic carboxylic acids is 1. The van der Waals surface area contributed by atoms with Crippen LogP contribution in [0.3, 0.4) is 0 Å². The topological polar surface area (TPSA) is 128 Å². The van der Waals surface area contributed by atoms with Gasteiger partial charge in [0.05, 0.1) is 12.5 Å². The summed E-state index contributed by atoms with van der Waals surface area (Å²) in [4.78, 5) is 48.6. The third-order valence-corrected chi connectivity index (χ3v) is 5.21. The third kappa shape index (κ3) is 8.94. The Bertz CT molecular complexity index is 1250. The number of carbonyl (C=O) groups excluding carboxylic acids is 2. The number of imidazole rings is 1. The Balaban J connectivity index is 0.000000673. The number of aromatic nitrogens is 3. The highest BCUT2D eigenvalue weighted by Crippen LogP contribution is 2.32. The van der Waals surface area contributed by atoms with Crippen molar-refractivity contribution in [2.45, 2.75) is 64.7 Å². The molecule has 0 bridgehead atoms. The molecule has 0 aliphatic carbocycles. The Kier molecular flexibility index (Phi) is 9.61. The second-order valence-corrected chi connectivity index (χ2v) is 10.7. The average Bonchev–Trinajstić information content (AvgIpc) is 3.36. The van der Waals surface area contributed by atoms with Crippen molar-refractivity contribution in [1.82, 2.24) is 20.3 Å². The summed E-state index contributed by atoms with van der Waals surface area (Å²) < 4.78 is 31.7. The fourth-order valence-electron chi connectivity index (χ4n) is 3.40. The predicted molar refractivity (Wildman–Crippen MR) is 139 cm³/mol. The van der Waals surface area contributed by atoms with Gasteiger partial charge in [-0.25, -0.2) is 9.78 Å². The largest absolute Gasteiger partial charge is 0.490 e. The molecule has 9 nitrogen and oxygen atoms in total. The number of carbonyl (C=O) groups is 3.